The minimum absolute atomic E-state index is 0.184. The second-order valence-corrected chi connectivity index (χ2v) is 20.2. The highest BCUT2D eigenvalue weighted by atomic mass is 32.2. The number of ether oxygens (including phenoxy) is 1. The van der Waals surface area contributed by atoms with Gasteiger partial charge in [0.05, 0.1) is 33.7 Å². The number of benzene rings is 3. The number of nitrogens with two attached hydrogens (primary N) is 1. The van der Waals surface area contributed by atoms with Crippen LogP contribution in [0.15, 0.2) is 84.0 Å². The average Bonchev–Trinajstić information content (AvgIpc) is 3.94. The average molecular weight is 863 g/mol. The Morgan fingerprint density at radius 2 is 1.77 bits per heavy atom. The number of aromatic amines is 1. The zero-order chi connectivity index (χ0) is 43.2. The number of aromatic nitrogens is 2. The highest BCUT2D eigenvalue weighted by Gasteiger charge is 2.50. The number of H-pyrrole nitrogens is 1. The smallest absolute Gasteiger partial charge is 0.268 e. The van der Waals surface area contributed by atoms with E-state index in [4.69, 9.17) is 10.5 Å². The normalized spacial score (nSPS) is 20.2. The molecule has 4 aliphatic rings. The van der Waals surface area contributed by atoms with E-state index in [1.807, 2.05) is 11.0 Å². The number of nitrogens with one attached hydrogen (secondary N) is 3. The van der Waals surface area contributed by atoms with Crippen molar-refractivity contribution < 1.29 is 22.3 Å². The predicted octanol–water partition coefficient (Wildman–Crippen LogP) is 8.66. The number of anilines is 3. The standard InChI is InChI=1S/C48H59FN8O4S/c1-31(2)37-7-4-5-8-38(37)42-9-6-20-57(42)34-27-48(28-34)17-23-56(24-18-48)43-13-11-39(45(44(43)49)61-35-25-33-14-19-51-46(33)53-30-35)47(58)54-62(59,60)36-10-12-41(40(50)26-36)52-29-32-15-21-55(3)22-16-32/h4-5,7-8,10-14,19,25-26,30-32,34,42,52H,6,9,15-18,20-24,27-29,50H2,1-3H3,(H,51,53)(H,54,58). The van der Waals surface area contributed by atoms with Crippen molar-refractivity contribution in [1.29, 1.82) is 0 Å². The lowest BCUT2D eigenvalue weighted by Gasteiger charge is -2.56. The van der Waals surface area contributed by atoms with Crippen molar-refractivity contribution in [2.24, 2.45) is 11.3 Å². The van der Waals surface area contributed by atoms with Crippen LogP contribution in [0, 0.1) is 17.2 Å². The zero-order valence-corrected chi connectivity index (χ0v) is 36.8. The minimum atomic E-state index is -4.41. The summed E-state index contributed by atoms with van der Waals surface area (Å²) in [6.45, 7) is 9.79. The number of pyridine rings is 1. The third-order valence-electron chi connectivity index (χ3n) is 14.1. The summed E-state index contributed by atoms with van der Waals surface area (Å²) in [6.07, 6.45) is 11.9. The molecule has 3 aliphatic heterocycles. The number of amides is 1. The fourth-order valence-electron chi connectivity index (χ4n) is 10.5. The second-order valence-electron chi connectivity index (χ2n) is 18.5. The summed E-state index contributed by atoms with van der Waals surface area (Å²) in [5.74, 6) is -0.956. The number of hydrogen-bond donors (Lipinski definition) is 4. The molecule has 328 valence electrons. The SMILES string of the molecule is CC(C)c1ccccc1C1CCCN1C1CC2(CCN(c3ccc(C(=O)NS(=O)(=O)c4ccc(NCC5CCN(C)CC5)c(N)c4)c(Oc4cnc5[nH]ccc5c4)c3F)CC2)C1. The van der Waals surface area contributed by atoms with E-state index in [9.17, 15) is 13.2 Å². The lowest BCUT2D eigenvalue weighted by Crippen LogP contribution is -2.55. The highest BCUT2D eigenvalue weighted by Crippen LogP contribution is 2.54. The van der Waals surface area contributed by atoms with E-state index in [1.165, 1.54) is 48.4 Å². The molecule has 14 heteroatoms. The largest absolute Gasteiger partial charge is 0.452 e. The molecule has 1 aliphatic carbocycles. The maximum absolute atomic E-state index is 17.0. The molecule has 12 nitrogen and oxygen atoms in total. The van der Waals surface area contributed by atoms with Crippen LogP contribution < -0.4 is 25.4 Å². The van der Waals surface area contributed by atoms with Crippen molar-refractivity contribution in [3.8, 4) is 11.5 Å². The number of carbonyl (C=O) groups excluding carboxylic acids is 1. The van der Waals surface area contributed by atoms with Gasteiger partial charge in [0.15, 0.2) is 11.6 Å². The number of likely N-dealkylation sites (tertiary alicyclic amines) is 2. The van der Waals surface area contributed by atoms with Crippen molar-refractivity contribution >= 4 is 44.0 Å². The fraction of sp³-hybridized carbons (Fsp3) is 0.458. The molecule has 1 amide bonds. The van der Waals surface area contributed by atoms with Crippen molar-refractivity contribution in [2.45, 2.75) is 88.1 Å². The van der Waals surface area contributed by atoms with Crippen LogP contribution in [0.1, 0.15) is 98.7 Å². The molecule has 3 aromatic carbocycles. The van der Waals surface area contributed by atoms with Gasteiger partial charge in [0.1, 0.15) is 11.4 Å². The molecule has 1 saturated carbocycles. The maximum Gasteiger partial charge on any atom is 0.268 e. The molecule has 9 rings (SSSR count). The summed E-state index contributed by atoms with van der Waals surface area (Å²) in [5.41, 5.74) is 11.0. The third-order valence-corrected chi connectivity index (χ3v) is 15.5. The van der Waals surface area contributed by atoms with E-state index in [2.05, 4.69) is 75.0 Å². The number of nitrogens with zero attached hydrogens (tertiary/aromatic N) is 4. The van der Waals surface area contributed by atoms with Crippen LogP contribution in [0.25, 0.3) is 11.0 Å². The molecule has 0 radical (unpaired) electrons. The topological polar surface area (TPSA) is 149 Å². The first-order chi connectivity index (χ1) is 29.9. The van der Waals surface area contributed by atoms with E-state index in [0.717, 1.165) is 70.1 Å². The van der Waals surface area contributed by atoms with Crippen molar-refractivity contribution in [3.63, 3.8) is 0 Å². The Hall–Kier alpha value is -5.18. The first-order valence-electron chi connectivity index (χ1n) is 22.3. The number of rotatable bonds is 12. The molecule has 4 fully saturated rings. The summed E-state index contributed by atoms with van der Waals surface area (Å²) in [5, 5.41) is 4.10. The van der Waals surface area contributed by atoms with Crippen molar-refractivity contribution in [3.05, 3.63) is 102 Å². The van der Waals surface area contributed by atoms with E-state index >= 15 is 4.39 Å². The second kappa shape index (κ2) is 17.2. The van der Waals surface area contributed by atoms with Crippen molar-refractivity contribution in [2.75, 3.05) is 62.3 Å². The zero-order valence-electron chi connectivity index (χ0n) is 36.0. The molecule has 0 bridgehead atoms. The van der Waals surface area contributed by atoms with Crippen LogP contribution in [0.5, 0.6) is 11.5 Å². The fourth-order valence-corrected chi connectivity index (χ4v) is 11.5. The number of fused-ring (bicyclic) bond motifs is 1. The molecule has 2 aromatic heterocycles. The van der Waals surface area contributed by atoms with Crippen LogP contribution in [-0.2, 0) is 10.0 Å². The lowest BCUT2D eigenvalue weighted by molar-refractivity contribution is -0.0228. The Bertz CT molecular complexity index is 2540. The summed E-state index contributed by atoms with van der Waals surface area (Å²) >= 11 is 0. The Labute approximate surface area is 364 Å². The van der Waals surface area contributed by atoms with Crippen molar-refractivity contribution in [1.82, 2.24) is 24.5 Å². The van der Waals surface area contributed by atoms with Crippen LogP contribution >= 0.6 is 0 Å². The number of sulfonamides is 1. The maximum atomic E-state index is 17.0. The number of nitrogen functional groups attached to an aromatic ring is 1. The number of hydrogen-bond acceptors (Lipinski definition) is 10. The van der Waals surface area contributed by atoms with E-state index in [1.54, 1.807) is 24.4 Å². The van der Waals surface area contributed by atoms with Gasteiger partial charge in [0.2, 0.25) is 0 Å². The summed E-state index contributed by atoms with van der Waals surface area (Å²) in [6, 6.07) is 20.8. The first-order valence-corrected chi connectivity index (χ1v) is 23.8. The molecule has 5 N–H and O–H groups in total. The molecule has 5 heterocycles. The van der Waals surface area contributed by atoms with Gasteiger partial charge in [-0.25, -0.2) is 22.5 Å². The van der Waals surface area contributed by atoms with Gasteiger partial charge < -0.3 is 30.6 Å². The third kappa shape index (κ3) is 8.48. The molecular weight excluding hydrogens is 804 g/mol. The van der Waals surface area contributed by atoms with Crippen LogP contribution in [0.2, 0.25) is 0 Å². The van der Waals surface area contributed by atoms with Crippen LogP contribution in [0.3, 0.4) is 0 Å². The molecule has 62 heavy (non-hydrogen) atoms. The van der Waals surface area contributed by atoms with Gasteiger partial charge in [-0.15, -0.1) is 0 Å². The van der Waals surface area contributed by atoms with Gasteiger partial charge in [0.25, 0.3) is 15.9 Å². The molecule has 1 unspecified atom stereocenters. The van der Waals surface area contributed by atoms with E-state index < -0.39 is 21.7 Å². The Morgan fingerprint density at radius 1 is 1.00 bits per heavy atom. The van der Waals surface area contributed by atoms with E-state index in [0.29, 0.717) is 54.0 Å². The highest BCUT2D eigenvalue weighted by molar-refractivity contribution is 7.90. The van der Waals surface area contributed by atoms with Gasteiger partial charge in [-0.2, -0.15) is 0 Å². The van der Waals surface area contributed by atoms with Gasteiger partial charge in [-0.1, -0.05) is 38.1 Å². The molecule has 5 aromatic rings. The quantitative estimate of drug-likeness (QED) is 0.0899. The predicted molar refractivity (Wildman–Crippen MR) is 243 cm³/mol. The Kier molecular flexibility index (Phi) is 11.7. The lowest BCUT2D eigenvalue weighted by atomic mass is 9.59. The number of carbonyl (C=O) groups is 1. The van der Waals surface area contributed by atoms with Crippen LogP contribution in [0.4, 0.5) is 21.5 Å². The van der Waals surface area contributed by atoms with Gasteiger partial charge >= 0.3 is 0 Å². The molecule has 1 spiro atoms. The Balaban J connectivity index is 0.902. The molecule has 1 atom stereocenters. The van der Waals surface area contributed by atoms with E-state index in [-0.39, 0.29) is 33.1 Å². The minimum Gasteiger partial charge on any atom is -0.452 e. The van der Waals surface area contributed by atoms with Crippen LogP contribution in [-0.4, -0.2) is 86.5 Å². The molecule has 3 saturated heterocycles. The Morgan fingerprint density at radius 3 is 2.53 bits per heavy atom. The number of halogens is 1. The summed E-state index contributed by atoms with van der Waals surface area (Å²) in [4.78, 5) is 28.2. The monoisotopic (exact) mass is 862 g/mol. The van der Waals surface area contributed by atoms with Gasteiger partial charge in [-0.05, 0) is 149 Å². The van der Waals surface area contributed by atoms with Gasteiger partial charge in [0, 0.05) is 43.3 Å². The summed E-state index contributed by atoms with van der Waals surface area (Å²) in [7, 11) is -2.29. The summed E-state index contributed by atoms with van der Waals surface area (Å²) < 4.78 is 52.6. The molecular formula is C48H59FN8O4S. The van der Waals surface area contributed by atoms with Gasteiger partial charge in [-0.3, -0.25) is 9.69 Å². The first kappa shape index (κ1) is 42.1. The number of piperidine rings is 2.